The molecule has 2 atom stereocenters. The molecule has 0 saturated carbocycles. The van der Waals surface area contributed by atoms with Gasteiger partial charge < -0.3 is 4.81 Å². The summed E-state index contributed by atoms with van der Waals surface area (Å²) in [7, 11) is 0. The highest BCUT2D eigenvalue weighted by Gasteiger charge is 2.43. The molecular formula is C13H18BN. The third-order valence-corrected chi connectivity index (χ3v) is 4.20. The summed E-state index contributed by atoms with van der Waals surface area (Å²) in [4.78, 5) is 2.72. The first-order valence-corrected chi connectivity index (χ1v) is 6.17. The smallest absolute Gasteiger partial charge is 0.220 e. The zero-order valence-corrected chi connectivity index (χ0v) is 9.39. The van der Waals surface area contributed by atoms with Crippen molar-refractivity contribution in [3.05, 3.63) is 35.9 Å². The van der Waals surface area contributed by atoms with E-state index in [-0.39, 0.29) is 0 Å². The van der Waals surface area contributed by atoms with Crippen LogP contribution in [0, 0.1) is 0 Å². The van der Waals surface area contributed by atoms with E-state index in [1.165, 1.54) is 25.7 Å². The molecular weight excluding hydrogens is 181 g/mol. The monoisotopic (exact) mass is 199 g/mol. The van der Waals surface area contributed by atoms with Gasteiger partial charge in [-0.3, -0.25) is 0 Å². The van der Waals surface area contributed by atoms with Gasteiger partial charge in [-0.15, -0.1) is 0 Å². The lowest BCUT2D eigenvalue weighted by molar-refractivity contribution is 0.402. The number of fused-ring (bicyclic) bond motifs is 1. The van der Waals surface area contributed by atoms with E-state index >= 15 is 0 Å². The van der Waals surface area contributed by atoms with Crippen molar-refractivity contribution >= 4 is 6.85 Å². The normalized spacial score (nSPS) is 30.9. The van der Waals surface area contributed by atoms with E-state index in [0.29, 0.717) is 0 Å². The van der Waals surface area contributed by atoms with Crippen LogP contribution in [0.3, 0.4) is 0 Å². The molecule has 0 aliphatic carbocycles. The second-order valence-corrected chi connectivity index (χ2v) is 5.05. The fourth-order valence-corrected chi connectivity index (χ4v) is 3.51. The summed E-state index contributed by atoms with van der Waals surface area (Å²) < 4.78 is 0. The van der Waals surface area contributed by atoms with Crippen LogP contribution in [0.2, 0.25) is 13.1 Å². The molecule has 2 saturated heterocycles. The Kier molecular flexibility index (Phi) is 2.32. The molecule has 1 nitrogen and oxygen atoms in total. The first kappa shape index (κ1) is 9.47. The first-order chi connectivity index (χ1) is 7.36. The number of hydrogen-bond donors (Lipinski definition) is 0. The molecule has 3 rings (SSSR count). The van der Waals surface area contributed by atoms with Crippen molar-refractivity contribution in [3.8, 4) is 0 Å². The van der Waals surface area contributed by atoms with Gasteiger partial charge in [0.15, 0.2) is 0 Å². The summed E-state index contributed by atoms with van der Waals surface area (Å²) in [6.07, 6.45) is 4.16. The van der Waals surface area contributed by atoms with E-state index in [4.69, 9.17) is 0 Å². The van der Waals surface area contributed by atoms with Gasteiger partial charge >= 0.3 is 0 Å². The zero-order valence-electron chi connectivity index (χ0n) is 9.39. The van der Waals surface area contributed by atoms with E-state index in [2.05, 4.69) is 42.0 Å². The second kappa shape index (κ2) is 3.68. The standard InChI is InChI=1S/C13H18BN/c1-14-10-12(11-6-3-2-4-7-11)13-8-5-9-15(13)14/h2-4,6-7,12-13H,5,8-10H2,1H3. The first-order valence-electron chi connectivity index (χ1n) is 6.17. The Morgan fingerprint density at radius 1 is 1.27 bits per heavy atom. The van der Waals surface area contributed by atoms with Crippen LogP contribution in [0.15, 0.2) is 30.3 Å². The number of nitrogens with zero attached hydrogens (tertiary/aromatic N) is 1. The topological polar surface area (TPSA) is 3.24 Å². The molecule has 1 aromatic carbocycles. The summed E-state index contributed by atoms with van der Waals surface area (Å²) in [6, 6.07) is 11.9. The van der Waals surface area contributed by atoms with Gasteiger partial charge in [0.05, 0.1) is 0 Å². The van der Waals surface area contributed by atoms with Crippen molar-refractivity contribution < 1.29 is 0 Å². The quantitative estimate of drug-likeness (QED) is 0.628. The van der Waals surface area contributed by atoms with Crippen LogP contribution in [-0.4, -0.2) is 24.2 Å². The van der Waals surface area contributed by atoms with Crippen LogP contribution < -0.4 is 0 Å². The Balaban J connectivity index is 1.88. The minimum absolute atomic E-state index is 0.794. The summed E-state index contributed by atoms with van der Waals surface area (Å²) in [5.41, 5.74) is 1.55. The highest BCUT2D eigenvalue weighted by atomic mass is 15.1. The SMILES string of the molecule is CB1CC(c2ccccc2)C2CCCN12. The maximum absolute atomic E-state index is 2.72. The molecule has 1 aromatic rings. The third-order valence-electron chi connectivity index (χ3n) is 4.20. The van der Waals surface area contributed by atoms with Gasteiger partial charge in [0.25, 0.3) is 0 Å². The van der Waals surface area contributed by atoms with Crippen molar-refractivity contribution in [1.29, 1.82) is 0 Å². The minimum atomic E-state index is 0.794. The van der Waals surface area contributed by atoms with Gasteiger partial charge in [0, 0.05) is 6.04 Å². The molecule has 2 unspecified atom stereocenters. The third kappa shape index (κ3) is 1.52. The van der Waals surface area contributed by atoms with E-state index in [0.717, 1.165) is 18.8 Å². The van der Waals surface area contributed by atoms with Crippen LogP contribution in [0.25, 0.3) is 0 Å². The van der Waals surface area contributed by atoms with Crippen LogP contribution in [0.4, 0.5) is 0 Å². The van der Waals surface area contributed by atoms with Gasteiger partial charge in [-0.25, -0.2) is 0 Å². The van der Waals surface area contributed by atoms with Gasteiger partial charge in [-0.2, -0.15) is 0 Å². The van der Waals surface area contributed by atoms with E-state index in [1.54, 1.807) is 5.56 Å². The van der Waals surface area contributed by atoms with Crippen molar-refractivity contribution in [3.63, 3.8) is 0 Å². The van der Waals surface area contributed by atoms with E-state index in [1.807, 2.05) is 0 Å². The Bertz CT molecular complexity index is 338. The summed E-state index contributed by atoms with van der Waals surface area (Å²) in [5, 5.41) is 0. The Labute approximate surface area is 92.6 Å². The summed E-state index contributed by atoms with van der Waals surface area (Å²) >= 11 is 0. The van der Waals surface area contributed by atoms with Crippen LogP contribution >= 0.6 is 0 Å². The molecule has 2 heteroatoms. The zero-order chi connectivity index (χ0) is 10.3. The summed E-state index contributed by atoms with van der Waals surface area (Å²) in [6.45, 7) is 4.51. The highest BCUT2D eigenvalue weighted by Crippen LogP contribution is 2.41. The Morgan fingerprint density at radius 2 is 2.07 bits per heavy atom. The average Bonchev–Trinajstić information content (AvgIpc) is 2.84. The number of hydrogen-bond acceptors (Lipinski definition) is 1. The molecule has 78 valence electrons. The van der Waals surface area contributed by atoms with Crippen molar-refractivity contribution in [1.82, 2.24) is 4.81 Å². The maximum atomic E-state index is 2.72. The molecule has 0 N–H and O–H groups in total. The average molecular weight is 199 g/mol. The molecule has 0 bridgehead atoms. The Morgan fingerprint density at radius 3 is 2.87 bits per heavy atom. The van der Waals surface area contributed by atoms with Crippen LogP contribution in [0.5, 0.6) is 0 Å². The van der Waals surface area contributed by atoms with Crippen molar-refractivity contribution in [2.24, 2.45) is 0 Å². The molecule has 0 amide bonds. The van der Waals surface area contributed by atoms with Crippen molar-refractivity contribution in [2.75, 3.05) is 6.54 Å². The van der Waals surface area contributed by atoms with Crippen LogP contribution in [-0.2, 0) is 0 Å². The molecule has 0 spiro atoms. The van der Waals surface area contributed by atoms with Gasteiger partial charge in [0.1, 0.15) is 0 Å². The largest absolute Gasteiger partial charge is 0.339 e. The lowest BCUT2D eigenvalue weighted by atomic mass is 9.60. The lowest BCUT2D eigenvalue weighted by Crippen LogP contribution is -2.33. The number of rotatable bonds is 1. The fourth-order valence-electron chi connectivity index (χ4n) is 3.51. The van der Waals surface area contributed by atoms with Gasteiger partial charge in [-0.05, 0) is 30.9 Å². The lowest BCUT2D eigenvalue weighted by Gasteiger charge is -2.22. The summed E-state index contributed by atoms with van der Waals surface area (Å²) in [5.74, 6) is 0.795. The molecule has 2 aliphatic heterocycles. The van der Waals surface area contributed by atoms with E-state index in [9.17, 15) is 0 Å². The fraction of sp³-hybridized carbons (Fsp3) is 0.538. The second-order valence-electron chi connectivity index (χ2n) is 5.05. The maximum Gasteiger partial charge on any atom is 0.220 e. The predicted octanol–water partition coefficient (Wildman–Crippen LogP) is 2.87. The Hall–Kier alpha value is -0.755. The molecule has 2 fully saturated rings. The molecule has 0 radical (unpaired) electrons. The molecule has 15 heavy (non-hydrogen) atoms. The minimum Gasteiger partial charge on any atom is -0.339 e. The molecule has 2 aliphatic rings. The van der Waals surface area contributed by atoms with Crippen LogP contribution in [0.1, 0.15) is 24.3 Å². The molecule has 2 heterocycles. The predicted molar refractivity (Wildman–Crippen MR) is 65.3 cm³/mol. The van der Waals surface area contributed by atoms with Crippen molar-refractivity contribution in [2.45, 2.75) is 37.9 Å². The van der Waals surface area contributed by atoms with Gasteiger partial charge in [0.2, 0.25) is 6.85 Å². The highest BCUT2D eigenvalue weighted by molar-refractivity contribution is 6.55. The molecule has 0 aromatic heterocycles. The van der Waals surface area contributed by atoms with E-state index < -0.39 is 0 Å². The van der Waals surface area contributed by atoms with Gasteiger partial charge in [-0.1, -0.05) is 43.5 Å². The number of benzene rings is 1.